The van der Waals surface area contributed by atoms with Crippen LogP contribution >= 0.6 is 11.3 Å². The Balaban J connectivity index is 1.41. The number of anilines is 2. The van der Waals surface area contributed by atoms with Crippen molar-refractivity contribution in [2.24, 2.45) is 0 Å². The molecule has 0 aliphatic carbocycles. The van der Waals surface area contributed by atoms with Crippen LogP contribution in [0.4, 0.5) is 24.0 Å². The first kappa shape index (κ1) is 26.0. The van der Waals surface area contributed by atoms with Crippen molar-refractivity contribution in [2.45, 2.75) is 37.4 Å². The van der Waals surface area contributed by atoms with Gasteiger partial charge in [0.1, 0.15) is 52.1 Å². The van der Waals surface area contributed by atoms with Crippen LogP contribution in [0.1, 0.15) is 31.2 Å². The molecule has 1 aromatic carbocycles. The number of halogens is 3. The molecule has 6 heterocycles. The number of nitrogens with two attached hydrogens (primary N) is 1. The molecule has 13 heteroatoms. The van der Waals surface area contributed by atoms with Crippen molar-refractivity contribution in [3.63, 3.8) is 0 Å². The molecule has 4 aromatic rings. The molecule has 9 nitrogen and oxygen atoms in total. The van der Waals surface area contributed by atoms with Gasteiger partial charge in [-0.3, -0.25) is 4.90 Å². The molecule has 2 atom stereocenters. The summed E-state index contributed by atoms with van der Waals surface area (Å²) in [6.45, 7) is 2.29. The van der Waals surface area contributed by atoms with E-state index < -0.39 is 23.3 Å². The topological polar surface area (TPSA) is 113 Å². The molecule has 41 heavy (non-hydrogen) atoms. The number of hydrogen-bond acceptors (Lipinski definition) is 10. The summed E-state index contributed by atoms with van der Waals surface area (Å²) in [5.74, 6) is -0.837. The maximum atomic E-state index is 16.5. The number of alkyl halides is 1. The third-order valence-electron chi connectivity index (χ3n) is 8.37. The van der Waals surface area contributed by atoms with Crippen molar-refractivity contribution in [2.75, 3.05) is 50.5 Å². The van der Waals surface area contributed by atoms with Crippen LogP contribution in [0.3, 0.4) is 0 Å². The third kappa shape index (κ3) is 4.03. The first-order valence-corrected chi connectivity index (χ1v) is 14.3. The highest BCUT2D eigenvalue weighted by Gasteiger charge is 2.49. The summed E-state index contributed by atoms with van der Waals surface area (Å²) in [6, 6.07) is 4.56. The number of nitrogen functional groups attached to an aromatic ring is 1. The predicted molar refractivity (Wildman–Crippen MR) is 149 cm³/mol. The average Bonchev–Trinajstić information content (AvgIpc) is 3.59. The van der Waals surface area contributed by atoms with E-state index in [2.05, 4.69) is 19.9 Å². The van der Waals surface area contributed by atoms with E-state index in [-0.39, 0.29) is 61.3 Å². The van der Waals surface area contributed by atoms with E-state index in [1.807, 2.05) is 18.0 Å². The Bertz CT molecular complexity index is 1760. The molecular weight excluding hydrogens is 555 g/mol. The van der Waals surface area contributed by atoms with Gasteiger partial charge in [-0.15, -0.1) is 11.3 Å². The molecular formula is C28H26F3N7O2S. The van der Waals surface area contributed by atoms with Gasteiger partial charge in [0.25, 0.3) is 0 Å². The fraction of sp³-hybridized carbons (Fsp3) is 0.429. The Hall–Kier alpha value is -3.89. The lowest BCUT2D eigenvalue weighted by Crippen LogP contribution is -2.43. The van der Waals surface area contributed by atoms with Crippen LogP contribution in [-0.2, 0) is 0 Å². The van der Waals surface area contributed by atoms with Crippen LogP contribution in [-0.4, -0.2) is 71.5 Å². The number of thiophene rings is 1. The summed E-state index contributed by atoms with van der Waals surface area (Å²) in [4.78, 5) is 17.6. The fourth-order valence-corrected chi connectivity index (χ4v) is 7.40. The molecule has 3 aromatic heterocycles. The van der Waals surface area contributed by atoms with Crippen LogP contribution in [0.15, 0.2) is 12.1 Å². The van der Waals surface area contributed by atoms with Gasteiger partial charge in [0.15, 0.2) is 5.82 Å². The number of aromatic nitrogens is 3. The van der Waals surface area contributed by atoms with Gasteiger partial charge >= 0.3 is 6.01 Å². The zero-order valence-corrected chi connectivity index (χ0v) is 23.0. The van der Waals surface area contributed by atoms with Crippen molar-refractivity contribution in [3.8, 4) is 29.2 Å². The van der Waals surface area contributed by atoms with E-state index >= 15 is 4.39 Å². The van der Waals surface area contributed by atoms with Gasteiger partial charge in [-0.2, -0.15) is 15.2 Å². The number of rotatable bonds is 4. The molecule has 2 N–H and O–H groups in total. The minimum Gasteiger partial charge on any atom is -0.477 e. The summed E-state index contributed by atoms with van der Waals surface area (Å²) >= 11 is 0.922. The van der Waals surface area contributed by atoms with Crippen molar-refractivity contribution < 1.29 is 22.6 Å². The molecule has 212 valence electrons. The standard InChI is InChI=1S/C28H26F3N7O2S/c1-37-7-3-9-39-26-19-22(35-27(36-25(19)37)40-13-28-6-2-8-38(28)12-14(29)10-28)20(31)21(34-26)15-4-5-17(30)23-18(15)16(11-32)24(33)41-23/h4-5,14H,2-3,6-10,12-13,33H2,1H3/t14-,28+/m1/s1. The van der Waals surface area contributed by atoms with E-state index in [9.17, 15) is 14.0 Å². The molecule has 0 radical (unpaired) electrons. The average molecular weight is 582 g/mol. The number of ether oxygens (including phenoxy) is 2. The summed E-state index contributed by atoms with van der Waals surface area (Å²) in [5, 5.41) is 10.4. The number of nitrogens with zero attached hydrogens (tertiary/aromatic N) is 6. The Labute approximate surface area is 237 Å². The Morgan fingerprint density at radius 3 is 2.90 bits per heavy atom. The number of benzene rings is 1. The number of nitriles is 1. The molecule has 7 rings (SSSR count). The summed E-state index contributed by atoms with van der Waals surface area (Å²) in [5.41, 5.74) is 5.61. The fourth-order valence-electron chi connectivity index (χ4n) is 6.45. The highest BCUT2D eigenvalue weighted by Crippen LogP contribution is 2.45. The van der Waals surface area contributed by atoms with Gasteiger partial charge < -0.3 is 20.1 Å². The van der Waals surface area contributed by atoms with E-state index in [0.717, 1.165) is 30.7 Å². The van der Waals surface area contributed by atoms with Crippen molar-refractivity contribution in [1.29, 1.82) is 5.26 Å². The zero-order chi connectivity index (χ0) is 28.5. The zero-order valence-electron chi connectivity index (χ0n) is 22.2. The summed E-state index contributed by atoms with van der Waals surface area (Å²) < 4.78 is 57.8. The molecule has 0 unspecified atom stereocenters. The number of fused-ring (bicyclic) bond motifs is 2. The molecule has 0 bridgehead atoms. The highest BCUT2D eigenvalue weighted by molar-refractivity contribution is 7.23. The van der Waals surface area contributed by atoms with Gasteiger partial charge in [0, 0.05) is 37.5 Å². The van der Waals surface area contributed by atoms with E-state index in [1.165, 1.54) is 12.1 Å². The minimum absolute atomic E-state index is 0.0350. The monoisotopic (exact) mass is 581 g/mol. The largest absolute Gasteiger partial charge is 0.477 e. The first-order chi connectivity index (χ1) is 19.8. The summed E-state index contributed by atoms with van der Waals surface area (Å²) in [6.07, 6.45) is 1.87. The van der Waals surface area contributed by atoms with Gasteiger partial charge in [0.2, 0.25) is 5.88 Å². The smallest absolute Gasteiger partial charge is 0.319 e. The first-order valence-electron chi connectivity index (χ1n) is 13.5. The lowest BCUT2D eigenvalue weighted by Gasteiger charge is -2.31. The van der Waals surface area contributed by atoms with Gasteiger partial charge in [0.05, 0.1) is 22.4 Å². The molecule has 3 aliphatic rings. The predicted octanol–water partition coefficient (Wildman–Crippen LogP) is 4.81. The van der Waals surface area contributed by atoms with Crippen LogP contribution in [0.25, 0.3) is 32.2 Å². The highest BCUT2D eigenvalue weighted by atomic mass is 32.1. The minimum atomic E-state index is -0.918. The van der Waals surface area contributed by atoms with Crippen molar-refractivity contribution >= 4 is 43.1 Å². The van der Waals surface area contributed by atoms with Gasteiger partial charge in [-0.05, 0) is 37.9 Å². The molecule has 0 spiro atoms. The maximum Gasteiger partial charge on any atom is 0.319 e. The van der Waals surface area contributed by atoms with Crippen molar-refractivity contribution in [1.82, 2.24) is 19.9 Å². The quantitative estimate of drug-likeness (QED) is 0.363. The molecule has 2 saturated heterocycles. The van der Waals surface area contributed by atoms with Crippen LogP contribution in [0.5, 0.6) is 11.9 Å². The lowest BCUT2D eigenvalue weighted by molar-refractivity contribution is 0.107. The third-order valence-corrected chi connectivity index (χ3v) is 9.39. The molecule has 3 aliphatic heterocycles. The second-order valence-electron chi connectivity index (χ2n) is 10.9. The Kier molecular flexibility index (Phi) is 6.09. The van der Waals surface area contributed by atoms with E-state index in [4.69, 9.17) is 15.2 Å². The van der Waals surface area contributed by atoms with Crippen molar-refractivity contribution in [3.05, 3.63) is 29.3 Å². The second kappa shape index (κ2) is 9.60. The SMILES string of the molecule is CN1CCCOc2nc(-c3ccc(F)c4sc(N)c(C#N)c34)c(F)c3nc(OC[C@@]45CCCN4C[C@H](F)C5)nc1c23. The number of pyridine rings is 1. The maximum absolute atomic E-state index is 16.5. The summed E-state index contributed by atoms with van der Waals surface area (Å²) in [7, 11) is 1.84. The number of hydrogen-bond donors (Lipinski definition) is 1. The van der Waals surface area contributed by atoms with E-state index in [1.54, 1.807) is 0 Å². The molecule has 2 fully saturated rings. The Morgan fingerprint density at radius 1 is 1.22 bits per heavy atom. The van der Waals surface area contributed by atoms with E-state index in [0.29, 0.717) is 38.4 Å². The molecule has 0 saturated carbocycles. The van der Waals surface area contributed by atoms with Crippen LogP contribution < -0.4 is 20.1 Å². The second-order valence-corrected chi connectivity index (χ2v) is 11.9. The van der Waals surface area contributed by atoms with Gasteiger partial charge in [-0.25, -0.2) is 18.2 Å². The molecule has 0 amide bonds. The Morgan fingerprint density at radius 2 is 2.07 bits per heavy atom. The lowest BCUT2D eigenvalue weighted by atomic mass is 9.95. The van der Waals surface area contributed by atoms with Crippen LogP contribution in [0, 0.1) is 23.0 Å². The normalized spacial score (nSPS) is 22.4. The van der Waals surface area contributed by atoms with Crippen LogP contribution in [0.2, 0.25) is 0 Å². The van der Waals surface area contributed by atoms with Gasteiger partial charge in [-0.1, -0.05) is 0 Å².